The highest BCUT2D eigenvalue weighted by molar-refractivity contribution is 7.98. The normalized spacial score (nSPS) is 11.3. The van der Waals surface area contributed by atoms with Gasteiger partial charge < -0.3 is 4.74 Å². The molecule has 160 valence electrons. The van der Waals surface area contributed by atoms with Crippen LogP contribution in [-0.2, 0) is 5.75 Å². The summed E-state index contributed by atoms with van der Waals surface area (Å²) in [6, 6.07) is 13.5. The third kappa shape index (κ3) is 4.43. The fraction of sp³-hybridized carbons (Fsp3) is 0.190. The van der Waals surface area contributed by atoms with Gasteiger partial charge in [0.15, 0.2) is 11.0 Å². The van der Waals surface area contributed by atoms with Crippen LogP contribution in [0.4, 0.5) is 13.2 Å². The van der Waals surface area contributed by atoms with Crippen molar-refractivity contribution in [1.82, 2.24) is 24.3 Å². The molecule has 0 fully saturated rings. The lowest BCUT2D eigenvalue weighted by atomic mass is 10.2. The summed E-state index contributed by atoms with van der Waals surface area (Å²) in [5.74, 6) is 0.980. The Morgan fingerprint density at radius 2 is 1.84 bits per heavy atom. The molecule has 0 spiro atoms. The Morgan fingerprint density at radius 1 is 1.06 bits per heavy atom. The van der Waals surface area contributed by atoms with E-state index in [0.29, 0.717) is 28.9 Å². The van der Waals surface area contributed by atoms with Crippen LogP contribution in [0.15, 0.2) is 66.1 Å². The second kappa shape index (κ2) is 9.25. The van der Waals surface area contributed by atoms with Crippen LogP contribution in [0, 0.1) is 5.82 Å². The first-order chi connectivity index (χ1) is 15.1. The van der Waals surface area contributed by atoms with Crippen LogP contribution >= 0.6 is 11.8 Å². The third-order valence-corrected chi connectivity index (χ3v) is 5.36. The van der Waals surface area contributed by atoms with E-state index in [-0.39, 0.29) is 17.3 Å². The summed E-state index contributed by atoms with van der Waals surface area (Å²) in [7, 11) is 0. The number of benzene rings is 2. The molecule has 4 rings (SSSR count). The van der Waals surface area contributed by atoms with Crippen molar-refractivity contribution in [2.24, 2.45) is 0 Å². The minimum Gasteiger partial charge on any atom is -0.494 e. The summed E-state index contributed by atoms with van der Waals surface area (Å²) in [6.07, 6.45) is 2.53. The maximum absolute atomic E-state index is 14.7. The number of halogens is 3. The number of thioether (sulfide) groups is 1. The van der Waals surface area contributed by atoms with Crippen molar-refractivity contribution in [3.63, 3.8) is 0 Å². The Hall–Kier alpha value is -3.27. The fourth-order valence-electron chi connectivity index (χ4n) is 3.03. The standard InChI is InChI=1S/C21H18F3N5OS/c1-2-30-15-9-7-14(8-10-15)19-26-27-21(29(19)17-6-4-3-5-16(17)22)31-13-18-25-11-12-28(18)20(23)24/h3-12,20H,2,13H2,1H3. The molecule has 0 unspecified atom stereocenters. The molecule has 0 saturated heterocycles. The highest BCUT2D eigenvalue weighted by Crippen LogP contribution is 2.31. The van der Waals surface area contributed by atoms with Crippen LogP contribution < -0.4 is 4.74 Å². The quantitative estimate of drug-likeness (QED) is 0.342. The van der Waals surface area contributed by atoms with Gasteiger partial charge in [0.2, 0.25) is 0 Å². The zero-order chi connectivity index (χ0) is 21.8. The van der Waals surface area contributed by atoms with E-state index < -0.39 is 12.4 Å². The summed E-state index contributed by atoms with van der Waals surface area (Å²) >= 11 is 1.15. The number of para-hydroxylation sites is 1. The van der Waals surface area contributed by atoms with Crippen molar-refractivity contribution in [2.75, 3.05) is 6.61 Å². The van der Waals surface area contributed by atoms with Crippen molar-refractivity contribution in [1.29, 1.82) is 0 Å². The molecule has 2 heterocycles. The third-order valence-electron chi connectivity index (χ3n) is 4.44. The maximum atomic E-state index is 14.7. The van der Waals surface area contributed by atoms with Gasteiger partial charge in [-0.3, -0.25) is 9.13 Å². The fourth-order valence-corrected chi connectivity index (χ4v) is 3.92. The number of ether oxygens (including phenoxy) is 1. The van der Waals surface area contributed by atoms with Crippen LogP contribution in [0.2, 0.25) is 0 Å². The molecule has 0 N–H and O–H groups in total. The van der Waals surface area contributed by atoms with E-state index in [9.17, 15) is 13.2 Å². The smallest absolute Gasteiger partial charge is 0.319 e. The average molecular weight is 445 g/mol. The first kappa shape index (κ1) is 21.0. The molecule has 0 aliphatic rings. The first-order valence-electron chi connectivity index (χ1n) is 9.44. The minimum absolute atomic E-state index is 0.118. The molecule has 0 aliphatic carbocycles. The van der Waals surface area contributed by atoms with Gasteiger partial charge in [-0.2, -0.15) is 8.78 Å². The predicted octanol–water partition coefficient (Wildman–Crippen LogP) is 5.36. The second-order valence-corrected chi connectivity index (χ2v) is 7.31. The van der Waals surface area contributed by atoms with E-state index in [1.54, 1.807) is 34.9 Å². The summed E-state index contributed by atoms with van der Waals surface area (Å²) in [5.41, 5.74) is 0.969. The zero-order valence-corrected chi connectivity index (χ0v) is 17.3. The number of rotatable bonds is 8. The highest BCUT2D eigenvalue weighted by atomic mass is 32.2. The second-order valence-electron chi connectivity index (χ2n) is 6.37. The summed E-state index contributed by atoms with van der Waals surface area (Å²) in [5, 5.41) is 8.80. The van der Waals surface area contributed by atoms with Gasteiger partial charge in [-0.05, 0) is 43.3 Å². The van der Waals surface area contributed by atoms with E-state index in [1.807, 2.05) is 19.1 Å². The topological polar surface area (TPSA) is 57.8 Å². The molecule has 31 heavy (non-hydrogen) atoms. The molecule has 0 aliphatic heterocycles. The lowest BCUT2D eigenvalue weighted by Crippen LogP contribution is -2.04. The van der Waals surface area contributed by atoms with Crippen LogP contribution in [-0.4, -0.2) is 30.9 Å². The van der Waals surface area contributed by atoms with Crippen molar-refractivity contribution in [3.8, 4) is 22.8 Å². The number of hydrogen-bond donors (Lipinski definition) is 0. The molecule has 10 heteroatoms. The number of hydrogen-bond acceptors (Lipinski definition) is 5. The monoisotopic (exact) mass is 445 g/mol. The van der Waals surface area contributed by atoms with Gasteiger partial charge >= 0.3 is 6.55 Å². The Balaban J connectivity index is 1.72. The van der Waals surface area contributed by atoms with Crippen molar-refractivity contribution in [3.05, 3.63) is 72.6 Å². The van der Waals surface area contributed by atoms with Crippen molar-refractivity contribution >= 4 is 11.8 Å². The van der Waals surface area contributed by atoms with Crippen LogP contribution in [0.25, 0.3) is 17.1 Å². The molecule has 2 aromatic carbocycles. The van der Waals surface area contributed by atoms with Gasteiger partial charge in [0.25, 0.3) is 0 Å². The summed E-state index contributed by atoms with van der Waals surface area (Å²) < 4.78 is 48.7. The average Bonchev–Trinajstić information content (AvgIpc) is 3.40. The van der Waals surface area contributed by atoms with E-state index >= 15 is 0 Å². The molecule has 4 aromatic rings. The molecular weight excluding hydrogens is 427 g/mol. The van der Waals surface area contributed by atoms with E-state index in [2.05, 4.69) is 15.2 Å². The molecule has 0 atom stereocenters. The van der Waals surface area contributed by atoms with Crippen LogP contribution in [0.3, 0.4) is 0 Å². The van der Waals surface area contributed by atoms with Gasteiger partial charge in [-0.1, -0.05) is 23.9 Å². The molecular formula is C21H18F3N5OS. The Labute approximate surface area is 180 Å². The number of nitrogens with zero attached hydrogens (tertiary/aromatic N) is 5. The van der Waals surface area contributed by atoms with E-state index in [4.69, 9.17) is 4.74 Å². The molecule has 0 radical (unpaired) electrons. The summed E-state index contributed by atoms with van der Waals surface area (Å²) in [4.78, 5) is 3.98. The van der Waals surface area contributed by atoms with Gasteiger partial charge in [0, 0.05) is 18.0 Å². The Morgan fingerprint density at radius 3 is 2.55 bits per heavy atom. The predicted molar refractivity (Wildman–Crippen MR) is 111 cm³/mol. The van der Waals surface area contributed by atoms with Crippen LogP contribution in [0.1, 0.15) is 19.3 Å². The number of imidazole rings is 1. The number of alkyl halides is 2. The largest absolute Gasteiger partial charge is 0.494 e. The van der Waals surface area contributed by atoms with Gasteiger partial charge in [0.1, 0.15) is 17.4 Å². The molecule has 2 aromatic heterocycles. The maximum Gasteiger partial charge on any atom is 0.319 e. The summed E-state index contributed by atoms with van der Waals surface area (Å²) in [6.45, 7) is -0.257. The minimum atomic E-state index is -2.69. The van der Waals surface area contributed by atoms with Crippen LogP contribution in [0.5, 0.6) is 5.75 Å². The van der Waals surface area contributed by atoms with E-state index in [0.717, 1.165) is 16.3 Å². The van der Waals surface area contributed by atoms with Gasteiger partial charge in [-0.25, -0.2) is 9.37 Å². The molecule has 0 bridgehead atoms. The first-order valence-corrected chi connectivity index (χ1v) is 10.4. The van der Waals surface area contributed by atoms with E-state index in [1.165, 1.54) is 18.5 Å². The highest BCUT2D eigenvalue weighted by Gasteiger charge is 2.20. The van der Waals surface area contributed by atoms with Crippen molar-refractivity contribution < 1.29 is 17.9 Å². The Kier molecular flexibility index (Phi) is 6.26. The lowest BCUT2D eigenvalue weighted by Gasteiger charge is -2.12. The Bertz CT molecular complexity index is 1160. The zero-order valence-electron chi connectivity index (χ0n) is 16.5. The number of aromatic nitrogens is 5. The van der Waals surface area contributed by atoms with Crippen molar-refractivity contribution in [2.45, 2.75) is 24.4 Å². The molecule has 6 nitrogen and oxygen atoms in total. The SMILES string of the molecule is CCOc1ccc(-c2nnc(SCc3nccn3C(F)F)n2-c2ccccc2F)cc1. The molecule has 0 amide bonds. The van der Waals surface area contributed by atoms with Gasteiger partial charge in [0.05, 0.1) is 18.0 Å². The molecule has 0 saturated carbocycles. The van der Waals surface area contributed by atoms with Gasteiger partial charge in [-0.15, -0.1) is 10.2 Å². The lowest BCUT2D eigenvalue weighted by molar-refractivity contribution is 0.0678.